The lowest BCUT2D eigenvalue weighted by Crippen LogP contribution is -2.08. The van der Waals surface area contributed by atoms with E-state index in [4.69, 9.17) is 11.6 Å². The normalized spacial score (nSPS) is 12.8. The molecule has 3 heterocycles. The summed E-state index contributed by atoms with van der Waals surface area (Å²) in [6.07, 6.45) is 3.44. The van der Waals surface area contributed by atoms with Crippen molar-refractivity contribution in [1.82, 2.24) is 24.7 Å². The van der Waals surface area contributed by atoms with E-state index in [1.54, 1.807) is 12.4 Å². The zero-order valence-corrected chi connectivity index (χ0v) is 12.0. The van der Waals surface area contributed by atoms with Crippen molar-refractivity contribution >= 4 is 22.8 Å². The molecule has 0 radical (unpaired) electrons. The monoisotopic (exact) mass is 287 g/mol. The van der Waals surface area contributed by atoms with Gasteiger partial charge in [0.2, 0.25) is 0 Å². The van der Waals surface area contributed by atoms with E-state index in [9.17, 15) is 0 Å². The Balaban J connectivity index is 2.17. The SMILES string of the molecule is Cc1ccnc2c1nc(C(C)Cl)n2Cc1cccnn1. The van der Waals surface area contributed by atoms with Crippen molar-refractivity contribution in [2.45, 2.75) is 25.8 Å². The van der Waals surface area contributed by atoms with Gasteiger partial charge in [0.05, 0.1) is 17.6 Å². The van der Waals surface area contributed by atoms with E-state index in [1.165, 1.54) is 0 Å². The highest BCUT2D eigenvalue weighted by Gasteiger charge is 2.17. The minimum atomic E-state index is -0.194. The summed E-state index contributed by atoms with van der Waals surface area (Å²) < 4.78 is 2.00. The van der Waals surface area contributed by atoms with Crippen LogP contribution in [0.4, 0.5) is 0 Å². The molecule has 5 nitrogen and oxygen atoms in total. The Morgan fingerprint density at radius 1 is 1.30 bits per heavy atom. The highest BCUT2D eigenvalue weighted by molar-refractivity contribution is 6.20. The Kier molecular flexibility index (Phi) is 3.36. The minimum absolute atomic E-state index is 0.194. The molecule has 3 rings (SSSR count). The highest BCUT2D eigenvalue weighted by atomic mass is 35.5. The third-order valence-corrected chi connectivity index (χ3v) is 3.36. The van der Waals surface area contributed by atoms with Crippen LogP contribution in [0.15, 0.2) is 30.6 Å². The first-order chi connectivity index (χ1) is 9.66. The smallest absolute Gasteiger partial charge is 0.160 e. The molecule has 0 aliphatic carbocycles. The third-order valence-electron chi connectivity index (χ3n) is 3.17. The van der Waals surface area contributed by atoms with Crippen molar-refractivity contribution in [3.63, 3.8) is 0 Å². The lowest BCUT2D eigenvalue weighted by molar-refractivity contribution is 0.709. The first-order valence-electron chi connectivity index (χ1n) is 6.39. The number of rotatable bonds is 3. The van der Waals surface area contributed by atoms with Gasteiger partial charge in [0.15, 0.2) is 5.65 Å². The summed E-state index contributed by atoms with van der Waals surface area (Å²) in [5.41, 5.74) is 3.66. The van der Waals surface area contributed by atoms with Crippen molar-refractivity contribution < 1.29 is 0 Å². The molecule has 1 atom stereocenters. The summed E-state index contributed by atoms with van der Waals surface area (Å²) in [6.45, 7) is 4.49. The average Bonchev–Trinajstić information content (AvgIpc) is 2.81. The van der Waals surface area contributed by atoms with Gasteiger partial charge in [-0.3, -0.25) is 0 Å². The molecule has 0 saturated carbocycles. The Morgan fingerprint density at radius 2 is 2.15 bits per heavy atom. The minimum Gasteiger partial charge on any atom is -0.305 e. The summed E-state index contributed by atoms with van der Waals surface area (Å²) in [6, 6.07) is 5.74. The van der Waals surface area contributed by atoms with Crippen molar-refractivity contribution in [2.75, 3.05) is 0 Å². The summed E-state index contributed by atoms with van der Waals surface area (Å²) in [7, 11) is 0. The quantitative estimate of drug-likeness (QED) is 0.695. The molecule has 0 aliphatic rings. The molecule has 0 N–H and O–H groups in total. The van der Waals surface area contributed by atoms with E-state index in [-0.39, 0.29) is 5.38 Å². The van der Waals surface area contributed by atoms with Crippen molar-refractivity contribution in [3.05, 3.63) is 47.7 Å². The maximum absolute atomic E-state index is 6.25. The molecule has 102 valence electrons. The largest absolute Gasteiger partial charge is 0.305 e. The zero-order chi connectivity index (χ0) is 14.1. The second kappa shape index (κ2) is 5.17. The molecule has 0 amide bonds. The predicted octanol–water partition coefficient (Wildman–Crippen LogP) is 2.88. The Hall–Kier alpha value is -2.01. The summed E-state index contributed by atoms with van der Waals surface area (Å²) in [4.78, 5) is 9.06. The number of nitrogens with zero attached hydrogens (tertiary/aromatic N) is 5. The van der Waals surface area contributed by atoms with Crippen molar-refractivity contribution in [1.29, 1.82) is 0 Å². The van der Waals surface area contributed by atoms with E-state index >= 15 is 0 Å². The molecule has 0 spiro atoms. The first kappa shape index (κ1) is 13.0. The Bertz CT molecular complexity index is 736. The van der Waals surface area contributed by atoms with E-state index in [0.717, 1.165) is 28.2 Å². The molecule has 0 aliphatic heterocycles. The lowest BCUT2D eigenvalue weighted by atomic mass is 10.3. The number of halogens is 1. The fourth-order valence-electron chi connectivity index (χ4n) is 2.19. The maximum Gasteiger partial charge on any atom is 0.160 e. The van der Waals surface area contributed by atoms with Gasteiger partial charge in [-0.05, 0) is 37.6 Å². The molecule has 20 heavy (non-hydrogen) atoms. The summed E-state index contributed by atoms with van der Waals surface area (Å²) in [5, 5.41) is 7.82. The topological polar surface area (TPSA) is 56.5 Å². The fourth-order valence-corrected chi connectivity index (χ4v) is 2.36. The van der Waals surface area contributed by atoms with Crippen molar-refractivity contribution in [2.24, 2.45) is 0 Å². The Labute approximate surface area is 121 Å². The van der Waals surface area contributed by atoms with Crippen LogP contribution in [-0.4, -0.2) is 24.7 Å². The number of aryl methyl sites for hydroxylation is 1. The number of hydrogen-bond acceptors (Lipinski definition) is 4. The standard InChI is InChI=1S/C14H14ClN5/c1-9-5-7-16-14-12(9)18-13(10(2)15)20(14)8-11-4-3-6-17-19-11/h3-7,10H,8H2,1-2H3. The van der Waals surface area contributed by atoms with E-state index in [0.29, 0.717) is 6.54 Å². The second-order valence-electron chi connectivity index (χ2n) is 4.69. The summed E-state index contributed by atoms with van der Waals surface area (Å²) in [5.74, 6) is 0.800. The van der Waals surface area contributed by atoms with Crippen LogP contribution in [0.25, 0.3) is 11.2 Å². The molecule has 3 aromatic heterocycles. The van der Waals surface area contributed by atoms with Crippen LogP contribution in [0.3, 0.4) is 0 Å². The molecule has 0 fully saturated rings. The van der Waals surface area contributed by atoms with Crippen molar-refractivity contribution in [3.8, 4) is 0 Å². The van der Waals surface area contributed by atoms with Crippen LogP contribution in [-0.2, 0) is 6.54 Å². The van der Waals surface area contributed by atoms with Gasteiger partial charge in [0.1, 0.15) is 11.3 Å². The van der Waals surface area contributed by atoms with Crippen LogP contribution in [0.1, 0.15) is 29.4 Å². The number of aromatic nitrogens is 5. The summed E-state index contributed by atoms with van der Waals surface area (Å²) >= 11 is 6.25. The first-order valence-corrected chi connectivity index (χ1v) is 6.83. The number of alkyl halides is 1. The van der Waals surface area contributed by atoms with Gasteiger partial charge in [0, 0.05) is 12.4 Å². The third kappa shape index (κ3) is 2.25. The molecule has 0 bridgehead atoms. The van der Waals surface area contributed by atoms with E-state index in [2.05, 4.69) is 20.2 Å². The fraction of sp³-hybridized carbons (Fsp3) is 0.286. The zero-order valence-electron chi connectivity index (χ0n) is 11.3. The molecule has 0 saturated heterocycles. The Morgan fingerprint density at radius 3 is 2.85 bits per heavy atom. The van der Waals surface area contributed by atoms with Gasteiger partial charge >= 0.3 is 0 Å². The van der Waals surface area contributed by atoms with Crippen LogP contribution < -0.4 is 0 Å². The maximum atomic E-state index is 6.25. The number of imidazole rings is 1. The predicted molar refractivity (Wildman–Crippen MR) is 77.7 cm³/mol. The lowest BCUT2D eigenvalue weighted by Gasteiger charge is -2.08. The molecular formula is C14H14ClN5. The van der Waals surface area contributed by atoms with Gasteiger partial charge < -0.3 is 4.57 Å². The van der Waals surface area contributed by atoms with Gasteiger partial charge in [-0.2, -0.15) is 10.2 Å². The van der Waals surface area contributed by atoms with Gasteiger partial charge in [-0.25, -0.2) is 9.97 Å². The van der Waals surface area contributed by atoms with Crippen LogP contribution in [0, 0.1) is 6.92 Å². The van der Waals surface area contributed by atoms with Crippen LogP contribution in [0.2, 0.25) is 0 Å². The van der Waals surface area contributed by atoms with Gasteiger partial charge in [-0.1, -0.05) is 0 Å². The second-order valence-corrected chi connectivity index (χ2v) is 5.34. The number of pyridine rings is 1. The number of fused-ring (bicyclic) bond motifs is 1. The van der Waals surface area contributed by atoms with Gasteiger partial charge in [0.25, 0.3) is 0 Å². The van der Waals surface area contributed by atoms with Crippen LogP contribution in [0.5, 0.6) is 0 Å². The molecule has 0 aromatic carbocycles. The average molecular weight is 288 g/mol. The van der Waals surface area contributed by atoms with E-state index in [1.807, 2.05) is 36.6 Å². The molecule has 1 unspecified atom stereocenters. The molecular weight excluding hydrogens is 274 g/mol. The molecule has 3 aromatic rings. The van der Waals surface area contributed by atoms with Gasteiger partial charge in [-0.15, -0.1) is 11.6 Å². The van der Waals surface area contributed by atoms with Crippen LogP contribution >= 0.6 is 11.6 Å². The molecule has 6 heteroatoms. The highest BCUT2D eigenvalue weighted by Crippen LogP contribution is 2.25. The number of hydrogen-bond donors (Lipinski definition) is 0. The van der Waals surface area contributed by atoms with E-state index < -0.39 is 0 Å².